The summed E-state index contributed by atoms with van der Waals surface area (Å²) in [5.41, 5.74) is -2.16. The first kappa shape index (κ1) is 21.2. The minimum Gasteiger partial charge on any atom is -0.351 e. The van der Waals surface area contributed by atoms with Crippen molar-refractivity contribution in [3.05, 3.63) is 59.2 Å². The van der Waals surface area contributed by atoms with Gasteiger partial charge in [-0.25, -0.2) is 0 Å². The van der Waals surface area contributed by atoms with Crippen LogP contribution in [-0.4, -0.2) is 18.5 Å². The van der Waals surface area contributed by atoms with Crippen LogP contribution in [0, 0.1) is 0 Å². The molecule has 0 saturated carbocycles. The van der Waals surface area contributed by atoms with Gasteiger partial charge in [0.05, 0.1) is 17.2 Å². The normalized spacial score (nSPS) is 17.4. The summed E-state index contributed by atoms with van der Waals surface area (Å²) in [5, 5.41) is 5.77. The molecular weight excluding hydrogens is 398 g/mol. The van der Waals surface area contributed by atoms with Gasteiger partial charge in [0, 0.05) is 6.54 Å². The Hall–Kier alpha value is -2.55. The van der Waals surface area contributed by atoms with Crippen LogP contribution in [0.25, 0.3) is 11.1 Å². The first-order valence-electron chi connectivity index (χ1n) is 8.94. The molecular formula is C20H18F6N2O. The fourth-order valence-corrected chi connectivity index (χ4v) is 3.20. The van der Waals surface area contributed by atoms with Gasteiger partial charge in [-0.2, -0.15) is 26.3 Å². The van der Waals surface area contributed by atoms with Gasteiger partial charge in [0.25, 0.3) is 0 Å². The molecule has 1 amide bonds. The first-order chi connectivity index (χ1) is 13.5. The summed E-state index contributed by atoms with van der Waals surface area (Å²) in [6, 6.07) is 7.27. The quantitative estimate of drug-likeness (QED) is 0.706. The van der Waals surface area contributed by atoms with Gasteiger partial charge in [0.1, 0.15) is 0 Å². The molecule has 1 aliphatic rings. The SMILES string of the molecule is O=C(NCc1cccc(-c2cc(C(F)(F)F)cc(C(F)(F)F)c2)c1)[C@@H]1CCCN1. The van der Waals surface area contributed by atoms with E-state index < -0.39 is 23.5 Å². The fourth-order valence-electron chi connectivity index (χ4n) is 3.20. The van der Waals surface area contributed by atoms with Crippen LogP contribution in [0.2, 0.25) is 0 Å². The van der Waals surface area contributed by atoms with E-state index in [0.29, 0.717) is 17.7 Å². The van der Waals surface area contributed by atoms with Gasteiger partial charge < -0.3 is 10.6 Å². The zero-order valence-corrected chi connectivity index (χ0v) is 15.1. The van der Waals surface area contributed by atoms with Crippen LogP contribution in [-0.2, 0) is 23.7 Å². The van der Waals surface area contributed by atoms with Crippen LogP contribution >= 0.6 is 0 Å². The van der Waals surface area contributed by atoms with Crippen molar-refractivity contribution in [2.75, 3.05) is 6.54 Å². The number of hydrogen-bond donors (Lipinski definition) is 2. The highest BCUT2D eigenvalue weighted by Gasteiger charge is 2.37. The van der Waals surface area contributed by atoms with Crippen LogP contribution in [0.15, 0.2) is 42.5 Å². The second kappa shape index (κ2) is 8.06. The van der Waals surface area contributed by atoms with Gasteiger partial charge in [-0.3, -0.25) is 4.79 Å². The number of carbonyl (C=O) groups excluding carboxylic acids is 1. The molecule has 1 saturated heterocycles. The van der Waals surface area contributed by atoms with Gasteiger partial charge in [-0.05, 0) is 60.3 Å². The summed E-state index contributed by atoms with van der Waals surface area (Å²) < 4.78 is 78.4. The third-order valence-corrected chi connectivity index (χ3v) is 4.69. The molecule has 1 atom stereocenters. The van der Waals surface area contributed by atoms with E-state index in [9.17, 15) is 31.1 Å². The Morgan fingerprint density at radius 2 is 1.62 bits per heavy atom. The summed E-state index contributed by atoms with van der Waals surface area (Å²) in [6.07, 6.45) is -8.20. The van der Waals surface area contributed by atoms with Crippen LogP contribution in [0.3, 0.4) is 0 Å². The Morgan fingerprint density at radius 3 is 2.17 bits per heavy atom. The van der Waals surface area contributed by atoms with Crippen molar-refractivity contribution < 1.29 is 31.1 Å². The molecule has 0 radical (unpaired) electrons. The highest BCUT2D eigenvalue weighted by molar-refractivity contribution is 5.82. The van der Waals surface area contributed by atoms with E-state index in [1.54, 1.807) is 6.07 Å². The van der Waals surface area contributed by atoms with E-state index in [0.717, 1.165) is 19.4 Å². The number of nitrogens with one attached hydrogen (secondary N) is 2. The highest BCUT2D eigenvalue weighted by Crippen LogP contribution is 2.38. The molecule has 2 N–H and O–H groups in total. The van der Waals surface area contributed by atoms with E-state index in [4.69, 9.17) is 0 Å². The molecule has 1 aliphatic heterocycles. The molecule has 2 aromatic carbocycles. The smallest absolute Gasteiger partial charge is 0.351 e. The first-order valence-corrected chi connectivity index (χ1v) is 8.94. The average molecular weight is 416 g/mol. The van der Waals surface area contributed by atoms with Gasteiger partial charge in [-0.15, -0.1) is 0 Å². The number of carbonyl (C=O) groups is 1. The lowest BCUT2D eigenvalue weighted by Gasteiger charge is -2.15. The lowest BCUT2D eigenvalue weighted by molar-refractivity contribution is -0.143. The molecule has 156 valence electrons. The molecule has 29 heavy (non-hydrogen) atoms. The zero-order valence-electron chi connectivity index (χ0n) is 15.1. The molecule has 9 heteroatoms. The zero-order chi connectivity index (χ0) is 21.2. The summed E-state index contributed by atoms with van der Waals surface area (Å²) >= 11 is 0. The van der Waals surface area contributed by atoms with Gasteiger partial charge >= 0.3 is 12.4 Å². The number of amides is 1. The predicted octanol–water partition coefficient (Wildman–Crippen LogP) is 4.76. The van der Waals surface area contributed by atoms with Crippen molar-refractivity contribution in [1.29, 1.82) is 0 Å². The monoisotopic (exact) mass is 416 g/mol. The van der Waals surface area contributed by atoms with Crippen LogP contribution in [0.4, 0.5) is 26.3 Å². The second-order valence-corrected chi connectivity index (χ2v) is 6.86. The topological polar surface area (TPSA) is 41.1 Å². The van der Waals surface area contributed by atoms with Crippen molar-refractivity contribution in [3.8, 4) is 11.1 Å². The average Bonchev–Trinajstić information content (AvgIpc) is 3.19. The van der Waals surface area contributed by atoms with Crippen molar-refractivity contribution in [3.63, 3.8) is 0 Å². The molecule has 0 unspecified atom stereocenters. The van der Waals surface area contributed by atoms with E-state index in [1.165, 1.54) is 18.2 Å². The van der Waals surface area contributed by atoms with Crippen molar-refractivity contribution in [2.45, 2.75) is 37.8 Å². The Bertz CT molecular complexity index is 853. The Labute approximate surface area is 163 Å². The van der Waals surface area contributed by atoms with Gasteiger partial charge in [0.2, 0.25) is 5.91 Å². The molecule has 3 nitrogen and oxygen atoms in total. The van der Waals surface area contributed by atoms with E-state index in [-0.39, 0.29) is 35.7 Å². The second-order valence-electron chi connectivity index (χ2n) is 6.86. The minimum atomic E-state index is -4.91. The fraction of sp³-hybridized carbons (Fsp3) is 0.350. The molecule has 1 heterocycles. The predicted molar refractivity (Wildman–Crippen MR) is 94.8 cm³/mol. The van der Waals surface area contributed by atoms with E-state index in [1.807, 2.05) is 0 Å². The molecule has 0 aromatic heterocycles. The lowest BCUT2D eigenvalue weighted by Crippen LogP contribution is -2.39. The summed E-state index contributed by atoms with van der Waals surface area (Å²) in [4.78, 5) is 12.1. The number of rotatable bonds is 4. The number of alkyl halides is 6. The molecule has 3 rings (SSSR count). The Balaban J connectivity index is 1.86. The van der Waals surface area contributed by atoms with Crippen LogP contribution in [0.1, 0.15) is 29.5 Å². The number of halogens is 6. The number of hydrogen-bond acceptors (Lipinski definition) is 2. The van der Waals surface area contributed by atoms with Crippen molar-refractivity contribution in [2.24, 2.45) is 0 Å². The summed E-state index contributed by atoms with van der Waals surface area (Å²) in [6.45, 7) is 0.876. The summed E-state index contributed by atoms with van der Waals surface area (Å²) in [7, 11) is 0. The molecule has 0 aliphatic carbocycles. The summed E-state index contributed by atoms with van der Waals surface area (Å²) in [5.74, 6) is -0.189. The van der Waals surface area contributed by atoms with E-state index in [2.05, 4.69) is 10.6 Å². The third-order valence-electron chi connectivity index (χ3n) is 4.69. The Kier molecular flexibility index (Phi) is 5.88. The van der Waals surface area contributed by atoms with Gasteiger partial charge in [-0.1, -0.05) is 18.2 Å². The Morgan fingerprint density at radius 1 is 0.966 bits per heavy atom. The number of benzene rings is 2. The maximum atomic E-state index is 13.1. The van der Waals surface area contributed by atoms with E-state index >= 15 is 0 Å². The maximum absolute atomic E-state index is 13.1. The molecule has 0 spiro atoms. The van der Waals surface area contributed by atoms with Crippen LogP contribution < -0.4 is 10.6 Å². The van der Waals surface area contributed by atoms with Crippen molar-refractivity contribution >= 4 is 5.91 Å². The third kappa shape index (κ3) is 5.29. The molecule has 2 aromatic rings. The minimum absolute atomic E-state index is 0.0994. The standard InChI is InChI=1S/C20H18F6N2O/c21-19(22,23)15-8-14(9-16(10-15)20(24,25)26)13-4-1-3-12(7-13)11-28-18(29)17-5-2-6-27-17/h1,3-4,7-10,17,27H,2,5-6,11H2,(H,28,29)/t17-/m0/s1. The molecule has 1 fully saturated rings. The van der Waals surface area contributed by atoms with Gasteiger partial charge in [0.15, 0.2) is 0 Å². The largest absolute Gasteiger partial charge is 0.416 e. The van der Waals surface area contributed by atoms with Crippen LogP contribution in [0.5, 0.6) is 0 Å². The maximum Gasteiger partial charge on any atom is 0.416 e. The van der Waals surface area contributed by atoms with Crippen molar-refractivity contribution in [1.82, 2.24) is 10.6 Å². The highest BCUT2D eigenvalue weighted by atomic mass is 19.4. The lowest BCUT2D eigenvalue weighted by atomic mass is 9.97. The molecule has 0 bridgehead atoms.